The Hall–Kier alpha value is -2.73. The second kappa shape index (κ2) is 9.02. The lowest BCUT2D eigenvalue weighted by Gasteiger charge is -2.36. The van der Waals surface area contributed by atoms with Gasteiger partial charge in [-0.1, -0.05) is 6.07 Å². The molecule has 2 aromatic rings. The standard InChI is InChI=1S/C20H20F5N3O3S/c21-11-13-1-6-17(32(26,30)31)16(12-22)18(13)19(29)28-9-7-27(8-10-28)15-4-2-14(3-5-15)20(23,24)25/h1-6H,7-12H2,(H2,26,30,31). The zero-order valence-electron chi connectivity index (χ0n) is 16.7. The fourth-order valence-corrected chi connectivity index (χ4v) is 4.40. The molecular weight excluding hydrogens is 457 g/mol. The molecule has 3 rings (SSSR count). The first-order valence-corrected chi connectivity index (χ1v) is 11.0. The average Bonchev–Trinajstić information content (AvgIpc) is 2.76. The van der Waals surface area contributed by atoms with Crippen molar-refractivity contribution in [1.82, 2.24) is 4.90 Å². The minimum atomic E-state index is -4.45. The summed E-state index contributed by atoms with van der Waals surface area (Å²) in [6.45, 7) is -1.66. The first kappa shape index (κ1) is 23.9. The Morgan fingerprint density at radius 1 is 0.938 bits per heavy atom. The van der Waals surface area contributed by atoms with Gasteiger partial charge in [0.25, 0.3) is 5.91 Å². The number of alkyl halides is 5. The van der Waals surface area contributed by atoms with Gasteiger partial charge >= 0.3 is 6.18 Å². The van der Waals surface area contributed by atoms with Crippen LogP contribution in [0.4, 0.5) is 27.6 Å². The summed E-state index contributed by atoms with van der Waals surface area (Å²) in [6.07, 6.45) is -4.45. The molecule has 2 aromatic carbocycles. The van der Waals surface area contributed by atoms with Crippen molar-refractivity contribution < 1.29 is 35.2 Å². The van der Waals surface area contributed by atoms with Crippen LogP contribution in [-0.2, 0) is 29.5 Å². The van der Waals surface area contributed by atoms with Crippen LogP contribution in [0.5, 0.6) is 0 Å². The number of piperazine rings is 1. The number of halogens is 5. The third-order valence-corrected chi connectivity index (χ3v) is 6.28. The quantitative estimate of drug-likeness (QED) is 0.671. The van der Waals surface area contributed by atoms with Gasteiger partial charge in [-0.15, -0.1) is 0 Å². The van der Waals surface area contributed by atoms with E-state index in [4.69, 9.17) is 5.14 Å². The molecule has 1 aliphatic heterocycles. The summed E-state index contributed by atoms with van der Waals surface area (Å²) in [5.41, 5.74) is -1.25. The van der Waals surface area contributed by atoms with Gasteiger partial charge in [0.05, 0.1) is 16.0 Å². The molecule has 0 bridgehead atoms. The highest BCUT2D eigenvalue weighted by Crippen LogP contribution is 2.31. The van der Waals surface area contributed by atoms with Crippen LogP contribution < -0.4 is 10.0 Å². The number of nitrogens with zero attached hydrogens (tertiary/aromatic N) is 2. The molecule has 2 N–H and O–H groups in total. The normalized spacial score (nSPS) is 15.2. The molecule has 0 saturated carbocycles. The number of amides is 1. The van der Waals surface area contributed by atoms with Crippen molar-refractivity contribution in [3.63, 3.8) is 0 Å². The minimum absolute atomic E-state index is 0.122. The molecule has 6 nitrogen and oxygen atoms in total. The molecule has 1 saturated heterocycles. The van der Waals surface area contributed by atoms with Crippen LogP contribution in [0.2, 0.25) is 0 Å². The van der Waals surface area contributed by atoms with E-state index in [1.54, 1.807) is 4.90 Å². The Bertz CT molecular complexity index is 1100. The highest BCUT2D eigenvalue weighted by atomic mass is 32.2. The van der Waals surface area contributed by atoms with Gasteiger partial charge in [0.15, 0.2) is 0 Å². The van der Waals surface area contributed by atoms with E-state index in [1.807, 2.05) is 0 Å². The molecule has 0 spiro atoms. The smallest absolute Gasteiger partial charge is 0.368 e. The Morgan fingerprint density at radius 2 is 1.53 bits per heavy atom. The first-order valence-electron chi connectivity index (χ1n) is 9.48. The molecule has 0 atom stereocenters. The van der Waals surface area contributed by atoms with E-state index in [9.17, 15) is 35.2 Å². The molecule has 12 heteroatoms. The summed E-state index contributed by atoms with van der Waals surface area (Å²) in [5, 5.41) is 5.10. The van der Waals surface area contributed by atoms with Gasteiger partial charge in [-0.3, -0.25) is 4.79 Å². The van der Waals surface area contributed by atoms with Crippen molar-refractivity contribution in [3.05, 3.63) is 58.7 Å². The van der Waals surface area contributed by atoms with Gasteiger partial charge < -0.3 is 9.80 Å². The maximum Gasteiger partial charge on any atom is 0.416 e. The monoisotopic (exact) mass is 477 g/mol. The van der Waals surface area contributed by atoms with Gasteiger partial charge in [0.2, 0.25) is 10.0 Å². The average molecular weight is 477 g/mol. The van der Waals surface area contributed by atoms with Crippen molar-refractivity contribution in [2.24, 2.45) is 5.14 Å². The van der Waals surface area contributed by atoms with E-state index in [0.717, 1.165) is 24.3 Å². The molecule has 0 aliphatic carbocycles. The van der Waals surface area contributed by atoms with Crippen LogP contribution in [0, 0.1) is 0 Å². The molecule has 1 aliphatic rings. The Kier molecular flexibility index (Phi) is 6.75. The van der Waals surface area contributed by atoms with E-state index in [2.05, 4.69) is 0 Å². The summed E-state index contributed by atoms with van der Waals surface area (Å²) in [4.78, 5) is 15.6. The van der Waals surface area contributed by atoms with Gasteiger partial charge in [0.1, 0.15) is 13.3 Å². The molecule has 1 amide bonds. The maximum atomic E-state index is 13.7. The number of hydrogen-bond acceptors (Lipinski definition) is 4. The Morgan fingerprint density at radius 3 is 2.00 bits per heavy atom. The number of sulfonamides is 1. The number of nitrogens with two attached hydrogens (primary N) is 1. The summed E-state index contributed by atoms with van der Waals surface area (Å²) in [7, 11) is -4.34. The number of benzene rings is 2. The van der Waals surface area contributed by atoms with Crippen molar-refractivity contribution in [2.45, 2.75) is 24.4 Å². The summed E-state index contributed by atoms with van der Waals surface area (Å²) < 4.78 is 88.9. The van der Waals surface area contributed by atoms with Crippen LogP contribution in [-0.4, -0.2) is 45.4 Å². The highest BCUT2D eigenvalue weighted by molar-refractivity contribution is 7.89. The van der Waals surface area contributed by atoms with E-state index < -0.39 is 51.5 Å². The number of primary sulfonamides is 1. The van der Waals surface area contributed by atoms with Crippen molar-refractivity contribution >= 4 is 21.6 Å². The topological polar surface area (TPSA) is 83.7 Å². The zero-order chi connectivity index (χ0) is 23.7. The van der Waals surface area contributed by atoms with Gasteiger partial charge in [-0.25, -0.2) is 22.3 Å². The predicted octanol–water partition coefficient (Wildman–Crippen LogP) is 3.25. The first-order chi connectivity index (χ1) is 15.0. The molecule has 32 heavy (non-hydrogen) atoms. The molecule has 174 valence electrons. The maximum absolute atomic E-state index is 13.7. The second-order valence-electron chi connectivity index (χ2n) is 7.21. The third-order valence-electron chi connectivity index (χ3n) is 5.28. The van der Waals surface area contributed by atoms with Crippen LogP contribution in [0.15, 0.2) is 41.3 Å². The number of anilines is 1. The van der Waals surface area contributed by atoms with Crippen molar-refractivity contribution in [3.8, 4) is 0 Å². The number of carbonyl (C=O) groups excluding carboxylic acids is 1. The second-order valence-corrected chi connectivity index (χ2v) is 8.74. The fourth-order valence-electron chi connectivity index (χ4n) is 3.64. The molecule has 0 radical (unpaired) electrons. The van der Waals surface area contributed by atoms with Crippen molar-refractivity contribution in [2.75, 3.05) is 31.1 Å². The summed E-state index contributed by atoms with van der Waals surface area (Å²) in [6, 6.07) is 6.65. The number of hydrogen-bond donors (Lipinski definition) is 1. The largest absolute Gasteiger partial charge is 0.416 e. The van der Waals surface area contributed by atoms with E-state index in [-0.39, 0.29) is 37.3 Å². The highest BCUT2D eigenvalue weighted by Gasteiger charge is 2.31. The number of carbonyl (C=O) groups is 1. The van der Waals surface area contributed by atoms with E-state index in [0.29, 0.717) is 5.69 Å². The Labute approximate surface area is 181 Å². The van der Waals surface area contributed by atoms with Crippen LogP contribution >= 0.6 is 0 Å². The molecule has 0 unspecified atom stereocenters. The molecular formula is C20H20F5N3O3S. The summed E-state index contributed by atoms with van der Waals surface area (Å²) in [5.74, 6) is -0.733. The van der Waals surface area contributed by atoms with Gasteiger partial charge in [0, 0.05) is 37.4 Å². The SMILES string of the molecule is NS(=O)(=O)c1ccc(CF)c(C(=O)N2CCN(c3ccc(C(F)(F)F)cc3)CC2)c1CF. The van der Waals surface area contributed by atoms with Gasteiger partial charge in [-0.05, 0) is 35.9 Å². The fraction of sp³-hybridized carbons (Fsp3) is 0.350. The minimum Gasteiger partial charge on any atom is -0.368 e. The van der Waals surface area contributed by atoms with Crippen LogP contribution in [0.1, 0.15) is 27.0 Å². The number of rotatable bonds is 5. The lowest BCUT2D eigenvalue weighted by Crippen LogP contribution is -2.49. The van der Waals surface area contributed by atoms with E-state index in [1.165, 1.54) is 17.0 Å². The van der Waals surface area contributed by atoms with Crippen LogP contribution in [0.25, 0.3) is 0 Å². The van der Waals surface area contributed by atoms with Crippen molar-refractivity contribution in [1.29, 1.82) is 0 Å². The molecule has 0 aromatic heterocycles. The predicted molar refractivity (Wildman–Crippen MR) is 107 cm³/mol. The van der Waals surface area contributed by atoms with E-state index >= 15 is 0 Å². The van der Waals surface area contributed by atoms with Gasteiger partial charge in [-0.2, -0.15) is 13.2 Å². The summed E-state index contributed by atoms with van der Waals surface area (Å²) >= 11 is 0. The third kappa shape index (κ3) is 4.85. The Balaban J connectivity index is 1.81. The lowest BCUT2D eigenvalue weighted by molar-refractivity contribution is -0.137. The zero-order valence-corrected chi connectivity index (χ0v) is 17.5. The van der Waals surface area contributed by atoms with Crippen LogP contribution in [0.3, 0.4) is 0 Å². The molecule has 1 heterocycles. The lowest BCUT2D eigenvalue weighted by atomic mass is 10.00. The molecule has 1 fully saturated rings.